The molecule has 2 unspecified atom stereocenters. The van der Waals surface area contributed by atoms with Crippen molar-refractivity contribution in [1.82, 2.24) is 19.8 Å². The largest absolute Gasteiger partial charge is 0.327 e. The first-order valence-electron chi connectivity index (χ1n) is 7.45. The Morgan fingerprint density at radius 1 is 1.15 bits per heavy atom. The Morgan fingerprint density at radius 3 is 2.65 bits per heavy atom. The first kappa shape index (κ1) is 13.9. The van der Waals surface area contributed by atoms with Crippen molar-refractivity contribution in [2.45, 2.75) is 70.3 Å². The molecule has 110 valence electrons. The summed E-state index contributed by atoms with van der Waals surface area (Å²) in [6, 6.07) is 0.236. The van der Waals surface area contributed by atoms with E-state index >= 15 is 0 Å². The Balaban J connectivity index is 1.98. The third kappa shape index (κ3) is 2.46. The summed E-state index contributed by atoms with van der Waals surface area (Å²) >= 11 is 1.65. The molecule has 0 bridgehead atoms. The molecule has 3 rings (SSSR count). The molecule has 0 aromatic carbocycles. The Labute approximate surface area is 123 Å². The van der Waals surface area contributed by atoms with Crippen molar-refractivity contribution in [1.29, 1.82) is 0 Å². The predicted octanol–water partition coefficient (Wildman–Crippen LogP) is 2.86. The third-order valence-corrected chi connectivity index (χ3v) is 5.09. The van der Waals surface area contributed by atoms with Gasteiger partial charge in [0.25, 0.3) is 0 Å². The summed E-state index contributed by atoms with van der Waals surface area (Å²) in [6.45, 7) is 6.42. The fourth-order valence-electron chi connectivity index (χ4n) is 2.89. The van der Waals surface area contributed by atoms with E-state index in [-0.39, 0.29) is 11.5 Å². The van der Waals surface area contributed by atoms with E-state index in [0.717, 1.165) is 28.6 Å². The van der Waals surface area contributed by atoms with Gasteiger partial charge in [0, 0.05) is 17.4 Å². The summed E-state index contributed by atoms with van der Waals surface area (Å²) in [5.74, 6) is 1.31. The topological polar surface area (TPSA) is 69.1 Å². The van der Waals surface area contributed by atoms with Gasteiger partial charge in [0.15, 0.2) is 5.82 Å². The Kier molecular flexibility index (Phi) is 3.54. The van der Waals surface area contributed by atoms with E-state index in [9.17, 15) is 0 Å². The highest BCUT2D eigenvalue weighted by atomic mass is 32.1. The average molecular weight is 293 g/mol. The number of rotatable bonds is 1. The van der Waals surface area contributed by atoms with Gasteiger partial charge in [0.1, 0.15) is 5.01 Å². The molecule has 0 aliphatic heterocycles. The zero-order valence-corrected chi connectivity index (χ0v) is 13.3. The second kappa shape index (κ2) is 5.07. The van der Waals surface area contributed by atoms with Crippen LogP contribution >= 0.6 is 11.3 Å². The number of nitrogens with two attached hydrogens (primary N) is 1. The molecule has 0 radical (unpaired) electrons. The molecule has 0 saturated heterocycles. The van der Waals surface area contributed by atoms with Gasteiger partial charge >= 0.3 is 0 Å². The summed E-state index contributed by atoms with van der Waals surface area (Å²) in [6.07, 6.45) is 6.05. The highest BCUT2D eigenvalue weighted by Crippen LogP contribution is 2.34. The molecule has 2 atom stereocenters. The maximum atomic E-state index is 6.35. The van der Waals surface area contributed by atoms with Crippen molar-refractivity contribution in [2.24, 2.45) is 5.73 Å². The van der Waals surface area contributed by atoms with Crippen molar-refractivity contribution in [3.63, 3.8) is 0 Å². The fourth-order valence-corrected chi connectivity index (χ4v) is 3.94. The molecule has 2 aromatic rings. The monoisotopic (exact) mass is 293 g/mol. The molecular formula is C14H23N5S. The first-order valence-corrected chi connectivity index (χ1v) is 8.26. The van der Waals surface area contributed by atoms with Gasteiger partial charge < -0.3 is 5.73 Å². The minimum Gasteiger partial charge on any atom is -0.327 e. The molecule has 0 spiro atoms. The molecule has 0 amide bonds. The number of fused-ring (bicyclic) bond motifs is 1. The van der Waals surface area contributed by atoms with Crippen molar-refractivity contribution >= 4 is 16.3 Å². The lowest BCUT2D eigenvalue weighted by Crippen LogP contribution is -2.27. The van der Waals surface area contributed by atoms with Crippen molar-refractivity contribution in [3.05, 3.63) is 10.8 Å². The standard InChI is InChI=1S/C14H23N5S/c1-14(2,3)12-16-17-13-19(12)18-11(20-13)9-7-5-4-6-8-10(9)15/h9-10H,4-8,15H2,1-3H3. The van der Waals surface area contributed by atoms with E-state index in [1.165, 1.54) is 19.3 Å². The number of hydrogen-bond donors (Lipinski definition) is 1. The highest BCUT2D eigenvalue weighted by Gasteiger charge is 2.28. The van der Waals surface area contributed by atoms with Crippen LogP contribution in [-0.2, 0) is 5.41 Å². The van der Waals surface area contributed by atoms with E-state index in [1.54, 1.807) is 11.3 Å². The van der Waals surface area contributed by atoms with Crippen molar-refractivity contribution in [2.75, 3.05) is 0 Å². The molecule has 5 nitrogen and oxygen atoms in total. The van der Waals surface area contributed by atoms with Gasteiger partial charge in [-0.1, -0.05) is 51.4 Å². The van der Waals surface area contributed by atoms with E-state index < -0.39 is 0 Å². The summed E-state index contributed by atoms with van der Waals surface area (Å²) in [5.41, 5.74) is 6.30. The summed E-state index contributed by atoms with van der Waals surface area (Å²) < 4.78 is 1.91. The van der Waals surface area contributed by atoms with E-state index in [1.807, 2.05) is 4.52 Å². The fraction of sp³-hybridized carbons (Fsp3) is 0.786. The van der Waals surface area contributed by atoms with Gasteiger partial charge in [-0.15, -0.1) is 10.2 Å². The van der Waals surface area contributed by atoms with Crippen LogP contribution in [0.3, 0.4) is 0 Å². The summed E-state index contributed by atoms with van der Waals surface area (Å²) in [5, 5.41) is 14.5. The van der Waals surface area contributed by atoms with Crippen LogP contribution in [0.2, 0.25) is 0 Å². The smallest absolute Gasteiger partial charge is 0.234 e. The second-order valence-electron chi connectivity index (χ2n) is 6.82. The molecule has 2 heterocycles. The van der Waals surface area contributed by atoms with Crippen molar-refractivity contribution in [3.8, 4) is 0 Å². The van der Waals surface area contributed by atoms with Crippen LogP contribution < -0.4 is 5.73 Å². The summed E-state index contributed by atoms with van der Waals surface area (Å²) in [4.78, 5) is 0.890. The quantitative estimate of drug-likeness (QED) is 0.821. The molecule has 1 fully saturated rings. The van der Waals surface area contributed by atoms with Crippen LogP contribution in [0, 0.1) is 0 Å². The van der Waals surface area contributed by atoms with Gasteiger partial charge in [-0.25, -0.2) is 0 Å². The number of hydrogen-bond acceptors (Lipinski definition) is 5. The van der Waals surface area contributed by atoms with Crippen molar-refractivity contribution < 1.29 is 0 Å². The Bertz CT molecular complexity index is 594. The maximum absolute atomic E-state index is 6.35. The molecule has 1 saturated carbocycles. The Hall–Kier alpha value is -1.01. The normalized spacial score (nSPS) is 25.0. The van der Waals surface area contributed by atoms with Crippen LogP contribution in [0.25, 0.3) is 4.96 Å². The zero-order chi connectivity index (χ0) is 14.3. The van der Waals surface area contributed by atoms with E-state index in [2.05, 4.69) is 31.0 Å². The minimum absolute atomic E-state index is 0.0453. The number of aromatic nitrogens is 4. The molecule has 2 aromatic heterocycles. The second-order valence-corrected chi connectivity index (χ2v) is 7.80. The van der Waals surface area contributed by atoms with Gasteiger partial charge in [-0.05, 0) is 12.8 Å². The predicted molar refractivity (Wildman–Crippen MR) is 81.2 cm³/mol. The van der Waals surface area contributed by atoms with Crippen LogP contribution in [0.5, 0.6) is 0 Å². The Morgan fingerprint density at radius 2 is 1.90 bits per heavy atom. The van der Waals surface area contributed by atoms with Gasteiger partial charge in [-0.2, -0.15) is 9.61 Å². The van der Waals surface area contributed by atoms with Gasteiger partial charge in [0.05, 0.1) is 0 Å². The molecule has 1 aliphatic rings. The molecule has 6 heteroatoms. The van der Waals surface area contributed by atoms with Crippen LogP contribution in [0.4, 0.5) is 0 Å². The van der Waals surface area contributed by atoms with Gasteiger partial charge in [-0.3, -0.25) is 0 Å². The molecule has 2 N–H and O–H groups in total. The van der Waals surface area contributed by atoms with Crippen LogP contribution in [0.15, 0.2) is 0 Å². The maximum Gasteiger partial charge on any atom is 0.234 e. The summed E-state index contributed by atoms with van der Waals surface area (Å²) in [7, 11) is 0. The molecular weight excluding hydrogens is 270 g/mol. The lowest BCUT2D eigenvalue weighted by atomic mass is 9.96. The van der Waals surface area contributed by atoms with Gasteiger partial charge in [0.2, 0.25) is 4.96 Å². The third-order valence-electron chi connectivity index (χ3n) is 4.06. The average Bonchev–Trinajstić information content (AvgIpc) is 2.85. The number of nitrogens with zero attached hydrogens (tertiary/aromatic N) is 4. The van der Waals surface area contributed by atoms with Crippen LogP contribution in [-0.4, -0.2) is 25.9 Å². The highest BCUT2D eigenvalue weighted by molar-refractivity contribution is 7.16. The lowest BCUT2D eigenvalue weighted by molar-refractivity contribution is 0.490. The first-order chi connectivity index (χ1) is 9.47. The zero-order valence-electron chi connectivity index (χ0n) is 12.5. The van der Waals surface area contributed by atoms with E-state index in [0.29, 0.717) is 5.92 Å². The van der Waals surface area contributed by atoms with Crippen LogP contribution in [0.1, 0.15) is 69.6 Å². The molecule has 1 aliphatic carbocycles. The SMILES string of the molecule is CC(C)(C)c1nnc2sc(C3CCCCCC3N)nn12. The van der Waals surface area contributed by atoms with E-state index in [4.69, 9.17) is 10.8 Å². The lowest BCUT2D eigenvalue weighted by Gasteiger charge is -2.18. The minimum atomic E-state index is -0.0453. The molecule has 20 heavy (non-hydrogen) atoms.